The van der Waals surface area contributed by atoms with Crippen LogP contribution in [0, 0.1) is 16.7 Å². The van der Waals surface area contributed by atoms with Gasteiger partial charge in [-0.1, -0.05) is 20.8 Å². The van der Waals surface area contributed by atoms with Gasteiger partial charge in [-0.25, -0.2) is 0 Å². The molecule has 0 aliphatic carbocycles. The van der Waals surface area contributed by atoms with Gasteiger partial charge >= 0.3 is 0 Å². The van der Waals surface area contributed by atoms with Crippen LogP contribution < -0.4 is 0 Å². The smallest absolute Gasteiger partial charge is 0.223 e. The van der Waals surface area contributed by atoms with Crippen LogP contribution >= 0.6 is 0 Å². The molecule has 0 fully saturated rings. The largest absolute Gasteiger partial charge is 0.383 e. The first kappa shape index (κ1) is 14.9. The molecule has 0 unspecified atom stereocenters. The predicted octanol–water partition coefficient (Wildman–Crippen LogP) is 1.81. The molecule has 0 atom stereocenters. The maximum absolute atomic E-state index is 11.9. The Labute approximate surface area is 98.2 Å². The summed E-state index contributed by atoms with van der Waals surface area (Å²) in [6.45, 7) is 7.67. The van der Waals surface area contributed by atoms with E-state index in [0.29, 0.717) is 32.5 Å². The van der Waals surface area contributed by atoms with E-state index in [1.807, 2.05) is 20.8 Å². The molecule has 4 nitrogen and oxygen atoms in total. The Morgan fingerprint density at radius 2 is 2.00 bits per heavy atom. The van der Waals surface area contributed by atoms with Crippen molar-refractivity contribution in [3.05, 3.63) is 0 Å². The van der Waals surface area contributed by atoms with Crippen LogP contribution in [0.3, 0.4) is 0 Å². The number of amides is 1. The second-order valence-electron chi connectivity index (χ2n) is 5.02. The lowest BCUT2D eigenvalue weighted by atomic mass is 9.91. The maximum Gasteiger partial charge on any atom is 0.223 e. The molecule has 0 rings (SSSR count). The molecule has 0 aromatic heterocycles. The van der Waals surface area contributed by atoms with Gasteiger partial charge in [0.25, 0.3) is 0 Å². The van der Waals surface area contributed by atoms with Gasteiger partial charge in [0.2, 0.25) is 5.91 Å². The Hall–Kier alpha value is -1.08. The monoisotopic (exact) mass is 226 g/mol. The molecule has 92 valence electrons. The molecule has 0 N–H and O–H groups in total. The molecule has 0 aromatic carbocycles. The highest BCUT2D eigenvalue weighted by atomic mass is 16.5. The van der Waals surface area contributed by atoms with Crippen molar-refractivity contribution in [2.24, 2.45) is 5.41 Å². The van der Waals surface area contributed by atoms with E-state index in [1.54, 1.807) is 12.0 Å². The molecule has 1 amide bonds. The zero-order valence-electron chi connectivity index (χ0n) is 10.7. The zero-order valence-corrected chi connectivity index (χ0v) is 10.7. The van der Waals surface area contributed by atoms with Crippen LogP contribution in [0.4, 0.5) is 0 Å². The van der Waals surface area contributed by atoms with Crippen LogP contribution in [0.15, 0.2) is 0 Å². The minimum Gasteiger partial charge on any atom is -0.383 e. The number of rotatable bonds is 6. The summed E-state index contributed by atoms with van der Waals surface area (Å²) in [7, 11) is 1.61. The predicted molar refractivity (Wildman–Crippen MR) is 62.8 cm³/mol. The Kier molecular flexibility index (Phi) is 6.75. The normalized spacial score (nSPS) is 10.9. The SMILES string of the molecule is COCCN(CCC#N)C(=O)CC(C)(C)C. The summed E-state index contributed by atoms with van der Waals surface area (Å²) in [5.41, 5.74) is -0.0188. The summed E-state index contributed by atoms with van der Waals surface area (Å²) >= 11 is 0. The van der Waals surface area contributed by atoms with Crippen LogP contribution in [-0.2, 0) is 9.53 Å². The second kappa shape index (κ2) is 7.24. The van der Waals surface area contributed by atoms with Crippen LogP contribution in [0.25, 0.3) is 0 Å². The molecule has 0 saturated heterocycles. The second-order valence-corrected chi connectivity index (χ2v) is 5.02. The standard InChI is InChI=1S/C12H22N2O2/c1-12(2,3)10-11(15)14(7-5-6-13)8-9-16-4/h5,7-10H2,1-4H3. The molecule has 0 spiro atoms. The fourth-order valence-electron chi connectivity index (χ4n) is 1.31. The van der Waals surface area contributed by atoms with E-state index in [4.69, 9.17) is 10.00 Å². The molecule has 16 heavy (non-hydrogen) atoms. The van der Waals surface area contributed by atoms with Gasteiger partial charge in [0.1, 0.15) is 0 Å². The Morgan fingerprint density at radius 1 is 1.38 bits per heavy atom. The first-order valence-electron chi connectivity index (χ1n) is 5.54. The van der Waals surface area contributed by atoms with E-state index >= 15 is 0 Å². The van der Waals surface area contributed by atoms with Gasteiger partial charge < -0.3 is 9.64 Å². The van der Waals surface area contributed by atoms with Crippen molar-refractivity contribution in [2.45, 2.75) is 33.6 Å². The third kappa shape index (κ3) is 7.24. The van der Waals surface area contributed by atoms with Crippen LogP contribution in [0.2, 0.25) is 0 Å². The number of nitriles is 1. The molecule has 0 radical (unpaired) electrons. The fraction of sp³-hybridized carbons (Fsp3) is 0.833. The van der Waals surface area contributed by atoms with E-state index in [1.165, 1.54) is 0 Å². The lowest BCUT2D eigenvalue weighted by Gasteiger charge is -2.25. The summed E-state index contributed by atoms with van der Waals surface area (Å²) in [6, 6.07) is 2.06. The summed E-state index contributed by atoms with van der Waals surface area (Å²) in [4.78, 5) is 13.6. The first-order chi connectivity index (χ1) is 7.40. The van der Waals surface area contributed by atoms with Crippen LogP contribution in [0.1, 0.15) is 33.6 Å². The van der Waals surface area contributed by atoms with Crippen molar-refractivity contribution in [3.63, 3.8) is 0 Å². The molecule has 0 heterocycles. The van der Waals surface area contributed by atoms with Crippen LogP contribution in [0.5, 0.6) is 0 Å². The summed E-state index contributed by atoms with van der Waals surface area (Å²) in [5, 5.41) is 8.54. The molecular weight excluding hydrogens is 204 g/mol. The van der Waals surface area contributed by atoms with Gasteiger partial charge in [0.15, 0.2) is 0 Å². The number of hydrogen-bond acceptors (Lipinski definition) is 3. The summed E-state index contributed by atoms with van der Waals surface area (Å²) in [5.74, 6) is 0.0970. The van der Waals surface area contributed by atoms with E-state index in [0.717, 1.165) is 0 Å². The Bertz CT molecular complexity index is 251. The van der Waals surface area contributed by atoms with Gasteiger partial charge in [-0.05, 0) is 5.41 Å². The average molecular weight is 226 g/mol. The molecule has 0 aromatic rings. The van der Waals surface area contributed by atoms with E-state index in [-0.39, 0.29) is 11.3 Å². The van der Waals surface area contributed by atoms with Crippen molar-refractivity contribution < 1.29 is 9.53 Å². The Morgan fingerprint density at radius 3 is 2.44 bits per heavy atom. The zero-order chi connectivity index (χ0) is 12.6. The van der Waals surface area contributed by atoms with Gasteiger partial charge in [0, 0.05) is 26.6 Å². The van der Waals surface area contributed by atoms with Gasteiger partial charge in [-0.15, -0.1) is 0 Å². The lowest BCUT2D eigenvalue weighted by molar-refractivity contribution is -0.133. The number of hydrogen-bond donors (Lipinski definition) is 0. The summed E-state index contributed by atoms with van der Waals surface area (Å²) < 4.78 is 4.96. The number of carbonyl (C=O) groups excluding carboxylic acids is 1. The topological polar surface area (TPSA) is 53.3 Å². The highest BCUT2D eigenvalue weighted by molar-refractivity contribution is 5.76. The quantitative estimate of drug-likeness (QED) is 0.694. The van der Waals surface area contributed by atoms with E-state index in [2.05, 4.69) is 6.07 Å². The fourth-order valence-corrected chi connectivity index (χ4v) is 1.31. The molecule has 4 heteroatoms. The highest BCUT2D eigenvalue weighted by Crippen LogP contribution is 2.19. The third-order valence-corrected chi connectivity index (χ3v) is 2.09. The number of ether oxygens (including phenoxy) is 1. The van der Waals surface area contributed by atoms with Gasteiger partial charge in [-0.3, -0.25) is 4.79 Å². The first-order valence-corrected chi connectivity index (χ1v) is 5.54. The maximum atomic E-state index is 11.9. The Balaban J connectivity index is 4.26. The van der Waals surface area contributed by atoms with Gasteiger partial charge in [0.05, 0.1) is 19.1 Å². The molecule has 0 saturated carbocycles. The molecule has 0 aliphatic heterocycles. The van der Waals surface area contributed by atoms with Crippen molar-refractivity contribution >= 4 is 5.91 Å². The molecule has 0 aliphatic rings. The van der Waals surface area contributed by atoms with Crippen molar-refractivity contribution in [1.82, 2.24) is 4.90 Å². The lowest BCUT2D eigenvalue weighted by Crippen LogP contribution is -2.36. The van der Waals surface area contributed by atoms with Crippen molar-refractivity contribution in [1.29, 1.82) is 5.26 Å². The highest BCUT2D eigenvalue weighted by Gasteiger charge is 2.20. The minimum absolute atomic E-state index is 0.0188. The molecular formula is C12H22N2O2. The van der Waals surface area contributed by atoms with Crippen molar-refractivity contribution in [3.8, 4) is 6.07 Å². The van der Waals surface area contributed by atoms with Crippen molar-refractivity contribution in [2.75, 3.05) is 26.8 Å². The summed E-state index contributed by atoms with van der Waals surface area (Å²) in [6.07, 6.45) is 0.877. The molecule has 0 bridgehead atoms. The number of carbonyl (C=O) groups is 1. The van der Waals surface area contributed by atoms with E-state index < -0.39 is 0 Å². The number of nitrogens with zero attached hydrogens (tertiary/aromatic N) is 2. The minimum atomic E-state index is -0.0188. The average Bonchev–Trinajstić information content (AvgIpc) is 2.15. The van der Waals surface area contributed by atoms with Crippen LogP contribution in [-0.4, -0.2) is 37.6 Å². The third-order valence-electron chi connectivity index (χ3n) is 2.09. The van der Waals surface area contributed by atoms with Gasteiger partial charge in [-0.2, -0.15) is 5.26 Å². The number of methoxy groups -OCH3 is 1. The van der Waals surface area contributed by atoms with E-state index in [9.17, 15) is 4.79 Å².